The SMILES string of the molecule is CCCC[C@@H]1C(=O)[C@]2(C)c3ccccc3[C@]3(c4ccccc4)C=C(C)C(=O)[C@@H]2[C@@H]13. The molecule has 5 atom stereocenters. The summed E-state index contributed by atoms with van der Waals surface area (Å²) in [5, 5.41) is 0. The summed E-state index contributed by atoms with van der Waals surface area (Å²) in [5.74, 6) is 0.108. The topological polar surface area (TPSA) is 34.1 Å². The van der Waals surface area contributed by atoms with Gasteiger partial charge in [-0.05, 0) is 48.4 Å². The Morgan fingerprint density at radius 3 is 2.28 bits per heavy atom. The van der Waals surface area contributed by atoms with E-state index < -0.39 is 10.8 Å². The lowest BCUT2D eigenvalue weighted by atomic mass is 9.48. The van der Waals surface area contributed by atoms with Gasteiger partial charge in [0.05, 0.1) is 5.41 Å². The van der Waals surface area contributed by atoms with Crippen LogP contribution in [0.1, 0.15) is 56.7 Å². The molecule has 2 heteroatoms. The van der Waals surface area contributed by atoms with E-state index in [4.69, 9.17) is 0 Å². The highest BCUT2D eigenvalue weighted by atomic mass is 16.1. The van der Waals surface area contributed by atoms with Gasteiger partial charge in [-0.1, -0.05) is 80.4 Å². The van der Waals surface area contributed by atoms with Crippen LogP contribution in [-0.2, 0) is 20.4 Å². The normalized spacial score (nSPS) is 34.7. The third-order valence-corrected chi connectivity index (χ3v) is 7.96. The van der Waals surface area contributed by atoms with Crippen molar-refractivity contribution in [1.82, 2.24) is 0 Å². The minimum atomic E-state index is -0.718. The molecular weight excluding hydrogens is 356 g/mol. The first-order chi connectivity index (χ1) is 14.0. The first-order valence-electron chi connectivity index (χ1n) is 10.9. The van der Waals surface area contributed by atoms with E-state index in [1.165, 1.54) is 11.1 Å². The van der Waals surface area contributed by atoms with Crippen LogP contribution in [0.15, 0.2) is 66.2 Å². The zero-order valence-electron chi connectivity index (χ0n) is 17.4. The molecule has 5 rings (SSSR count). The number of carbonyl (C=O) groups excluding carboxylic acids is 2. The quantitative estimate of drug-likeness (QED) is 0.708. The Balaban J connectivity index is 1.90. The number of benzene rings is 2. The first-order valence-corrected chi connectivity index (χ1v) is 10.9. The van der Waals surface area contributed by atoms with Crippen LogP contribution >= 0.6 is 0 Å². The van der Waals surface area contributed by atoms with Gasteiger partial charge in [0.25, 0.3) is 0 Å². The Hall–Kier alpha value is -2.48. The molecule has 3 aliphatic rings. The van der Waals surface area contributed by atoms with Gasteiger partial charge in [-0.25, -0.2) is 0 Å². The van der Waals surface area contributed by atoms with E-state index in [9.17, 15) is 9.59 Å². The molecule has 0 aromatic heterocycles. The van der Waals surface area contributed by atoms with E-state index in [1.807, 2.05) is 26.0 Å². The number of carbonyl (C=O) groups is 2. The van der Waals surface area contributed by atoms with Crippen LogP contribution in [0.5, 0.6) is 0 Å². The van der Waals surface area contributed by atoms with Crippen LogP contribution in [0.4, 0.5) is 0 Å². The largest absolute Gasteiger partial charge is 0.298 e. The van der Waals surface area contributed by atoms with Gasteiger partial charge in [0.1, 0.15) is 5.78 Å². The molecule has 0 N–H and O–H groups in total. The molecule has 0 amide bonds. The average Bonchev–Trinajstić information content (AvgIpc) is 2.95. The Morgan fingerprint density at radius 2 is 1.59 bits per heavy atom. The summed E-state index contributed by atoms with van der Waals surface area (Å²) in [7, 11) is 0. The van der Waals surface area contributed by atoms with Crippen molar-refractivity contribution in [1.29, 1.82) is 0 Å². The Labute approximate surface area is 173 Å². The summed E-state index contributed by atoms with van der Waals surface area (Å²) in [5.41, 5.74) is 3.16. The van der Waals surface area contributed by atoms with E-state index in [1.54, 1.807) is 0 Å². The maximum Gasteiger partial charge on any atom is 0.163 e. The number of unbranched alkanes of at least 4 members (excludes halogenated alkanes) is 1. The molecule has 0 spiro atoms. The minimum absolute atomic E-state index is 0.0000463. The summed E-state index contributed by atoms with van der Waals surface area (Å²) in [6.07, 6.45) is 5.15. The van der Waals surface area contributed by atoms with Crippen LogP contribution in [0, 0.1) is 17.8 Å². The molecule has 1 fully saturated rings. The van der Waals surface area contributed by atoms with Gasteiger partial charge < -0.3 is 0 Å². The summed E-state index contributed by atoms with van der Waals surface area (Å²) < 4.78 is 0. The first kappa shape index (κ1) is 18.5. The van der Waals surface area contributed by atoms with Crippen molar-refractivity contribution in [2.75, 3.05) is 0 Å². The molecule has 4 bridgehead atoms. The highest BCUT2D eigenvalue weighted by Crippen LogP contribution is 2.67. The molecule has 0 saturated heterocycles. The average molecular weight is 385 g/mol. The predicted octanol–water partition coefficient (Wildman–Crippen LogP) is 5.39. The highest BCUT2D eigenvalue weighted by Gasteiger charge is 2.71. The summed E-state index contributed by atoms with van der Waals surface area (Å²) >= 11 is 0. The van der Waals surface area contributed by atoms with Crippen LogP contribution in [-0.4, -0.2) is 11.6 Å². The number of Topliss-reactive ketones (excluding diaryl/α,β-unsaturated/α-hetero) is 2. The van der Waals surface area contributed by atoms with Gasteiger partial charge >= 0.3 is 0 Å². The van der Waals surface area contributed by atoms with E-state index >= 15 is 0 Å². The molecule has 2 aromatic rings. The van der Waals surface area contributed by atoms with Crippen LogP contribution in [0.2, 0.25) is 0 Å². The lowest BCUT2D eigenvalue weighted by Crippen LogP contribution is -2.54. The monoisotopic (exact) mass is 384 g/mol. The van der Waals surface area contributed by atoms with Crippen molar-refractivity contribution in [3.63, 3.8) is 0 Å². The molecule has 0 radical (unpaired) electrons. The zero-order chi connectivity index (χ0) is 20.4. The van der Waals surface area contributed by atoms with Crippen molar-refractivity contribution in [3.05, 3.63) is 82.9 Å². The van der Waals surface area contributed by atoms with Crippen LogP contribution in [0.3, 0.4) is 0 Å². The summed E-state index contributed by atoms with van der Waals surface area (Å²) in [4.78, 5) is 27.5. The van der Waals surface area contributed by atoms with Crippen LogP contribution < -0.4 is 0 Å². The van der Waals surface area contributed by atoms with E-state index in [0.717, 1.165) is 30.4 Å². The van der Waals surface area contributed by atoms with Gasteiger partial charge in [-0.3, -0.25) is 9.59 Å². The molecule has 2 aromatic carbocycles. The number of rotatable bonds is 4. The molecule has 0 unspecified atom stereocenters. The maximum absolute atomic E-state index is 14.0. The van der Waals surface area contributed by atoms with Gasteiger partial charge in [-0.15, -0.1) is 0 Å². The second-order valence-electron chi connectivity index (χ2n) is 9.29. The van der Waals surface area contributed by atoms with Crippen molar-refractivity contribution < 1.29 is 9.59 Å². The fourth-order valence-corrected chi connectivity index (χ4v) is 6.79. The molecule has 1 saturated carbocycles. The predicted molar refractivity (Wildman–Crippen MR) is 115 cm³/mol. The van der Waals surface area contributed by atoms with E-state index in [0.29, 0.717) is 0 Å². The fraction of sp³-hybridized carbons (Fsp3) is 0.407. The van der Waals surface area contributed by atoms with Crippen molar-refractivity contribution in [2.45, 2.75) is 50.9 Å². The highest BCUT2D eigenvalue weighted by molar-refractivity contribution is 6.10. The second-order valence-corrected chi connectivity index (χ2v) is 9.29. The molecule has 148 valence electrons. The van der Waals surface area contributed by atoms with Gasteiger partial charge in [0.15, 0.2) is 5.78 Å². The summed E-state index contributed by atoms with van der Waals surface area (Å²) in [6.45, 7) is 6.16. The Bertz CT molecular complexity index is 1030. The number of fused-ring (bicyclic) bond motifs is 3. The van der Waals surface area contributed by atoms with E-state index in [2.05, 4.69) is 55.5 Å². The van der Waals surface area contributed by atoms with Crippen molar-refractivity contribution >= 4 is 11.6 Å². The standard InChI is InChI=1S/C27H28O2/c1-4-5-13-19-22-23-24(28)17(2)16-27(22,18-11-7-6-8-12-18)21-15-10-9-14-20(21)26(23,3)25(19)29/h6-12,14-16,19,22-23H,4-5,13H2,1-3H3/t19-,22+,23-,26+,27+/m0/s1. The number of ketones is 2. The Kier molecular flexibility index (Phi) is 4.00. The number of hydrogen-bond acceptors (Lipinski definition) is 2. The molecule has 0 aliphatic heterocycles. The second kappa shape index (κ2) is 6.26. The van der Waals surface area contributed by atoms with Gasteiger partial charge in [-0.2, -0.15) is 0 Å². The van der Waals surface area contributed by atoms with Crippen molar-refractivity contribution in [3.8, 4) is 0 Å². The smallest absolute Gasteiger partial charge is 0.163 e. The minimum Gasteiger partial charge on any atom is -0.298 e. The van der Waals surface area contributed by atoms with Crippen molar-refractivity contribution in [2.24, 2.45) is 17.8 Å². The molecule has 0 heterocycles. The number of hydrogen-bond donors (Lipinski definition) is 0. The lowest BCUT2D eigenvalue weighted by Gasteiger charge is -2.52. The van der Waals surface area contributed by atoms with Crippen LogP contribution in [0.25, 0.3) is 0 Å². The Morgan fingerprint density at radius 1 is 0.931 bits per heavy atom. The van der Waals surface area contributed by atoms with Gasteiger partial charge in [0.2, 0.25) is 0 Å². The molecule has 29 heavy (non-hydrogen) atoms. The number of allylic oxidation sites excluding steroid dienone is 2. The molecular formula is C27H28O2. The third-order valence-electron chi connectivity index (χ3n) is 7.96. The maximum atomic E-state index is 14.0. The fourth-order valence-electron chi connectivity index (χ4n) is 6.79. The third kappa shape index (κ3) is 2.12. The lowest BCUT2D eigenvalue weighted by molar-refractivity contribution is -0.129. The molecule has 2 nitrogen and oxygen atoms in total. The zero-order valence-corrected chi connectivity index (χ0v) is 17.4. The summed E-state index contributed by atoms with van der Waals surface area (Å²) in [6, 6.07) is 18.9. The van der Waals surface area contributed by atoms with Gasteiger partial charge in [0, 0.05) is 17.3 Å². The molecule has 3 aliphatic carbocycles. The van der Waals surface area contributed by atoms with E-state index in [-0.39, 0.29) is 29.3 Å².